The molecule has 0 unspecified atom stereocenters. The molecular weight excluding hydrogens is 360 g/mol. The van der Waals surface area contributed by atoms with Gasteiger partial charge >= 0.3 is 5.97 Å². The number of non-ortho nitro benzene ring substituents is 1. The van der Waals surface area contributed by atoms with Gasteiger partial charge in [-0.05, 0) is 19.1 Å². The number of nitrogens with zero attached hydrogens (tertiary/aromatic N) is 2. The fraction of sp³-hybridized carbons (Fsp3) is 0.125. The second-order valence-electron chi connectivity index (χ2n) is 5.10. The molecule has 0 aliphatic carbocycles. The van der Waals surface area contributed by atoms with Crippen molar-refractivity contribution in [3.05, 3.63) is 73.8 Å². The lowest BCUT2D eigenvalue weighted by molar-refractivity contribution is -0.384. The highest BCUT2D eigenvalue weighted by Gasteiger charge is 2.19. The molecule has 0 aliphatic rings. The molecule has 0 saturated heterocycles. The summed E-state index contributed by atoms with van der Waals surface area (Å²) in [4.78, 5) is 44.7. The number of nitro groups is 2. The number of ether oxygens (including phenoxy) is 1. The number of hydrazine groups is 1. The molecule has 0 aromatic heterocycles. The van der Waals surface area contributed by atoms with Crippen LogP contribution in [0.4, 0.5) is 17.1 Å². The Hall–Kier alpha value is -4.02. The number of nitro benzene ring substituents is 2. The third-order valence-electron chi connectivity index (χ3n) is 3.31. The molecule has 2 N–H and O–H groups in total. The van der Waals surface area contributed by atoms with E-state index in [0.29, 0.717) is 0 Å². The van der Waals surface area contributed by atoms with Gasteiger partial charge < -0.3 is 4.74 Å². The molecule has 2 aromatic rings. The summed E-state index contributed by atoms with van der Waals surface area (Å²) >= 11 is 0. The second-order valence-corrected chi connectivity index (χ2v) is 5.10. The minimum absolute atomic E-state index is 0.0203. The molecule has 0 radical (unpaired) electrons. The Morgan fingerprint density at radius 3 is 2.33 bits per heavy atom. The minimum atomic E-state index is -0.831. The van der Waals surface area contributed by atoms with Crippen molar-refractivity contribution in [2.45, 2.75) is 6.92 Å². The Bertz CT molecular complexity index is 913. The van der Waals surface area contributed by atoms with Gasteiger partial charge in [0.25, 0.3) is 17.3 Å². The fourth-order valence-electron chi connectivity index (χ4n) is 2.11. The van der Waals surface area contributed by atoms with Crippen molar-refractivity contribution in [1.29, 1.82) is 0 Å². The van der Waals surface area contributed by atoms with Crippen LogP contribution in [0.25, 0.3) is 0 Å². The Morgan fingerprint density at radius 1 is 1.04 bits per heavy atom. The third-order valence-corrected chi connectivity index (χ3v) is 3.31. The summed E-state index contributed by atoms with van der Waals surface area (Å²) in [6.45, 7) is 1.63. The average molecular weight is 374 g/mol. The number of para-hydroxylation sites is 2. The Kier molecular flexibility index (Phi) is 5.99. The summed E-state index contributed by atoms with van der Waals surface area (Å²) in [5.41, 5.74) is 3.50. The van der Waals surface area contributed by atoms with Crippen molar-refractivity contribution in [2.75, 3.05) is 12.0 Å². The molecule has 140 valence electrons. The van der Waals surface area contributed by atoms with Crippen molar-refractivity contribution in [3.8, 4) is 0 Å². The number of benzene rings is 2. The maximum absolute atomic E-state index is 12.3. The lowest BCUT2D eigenvalue weighted by atomic mass is 10.1. The van der Waals surface area contributed by atoms with E-state index in [4.69, 9.17) is 4.74 Å². The van der Waals surface area contributed by atoms with Crippen LogP contribution in [0.15, 0.2) is 42.5 Å². The predicted octanol–water partition coefficient (Wildman–Crippen LogP) is 2.44. The van der Waals surface area contributed by atoms with E-state index in [9.17, 15) is 29.8 Å². The minimum Gasteiger partial charge on any atom is -0.462 e. The van der Waals surface area contributed by atoms with Gasteiger partial charge in [0.2, 0.25) is 0 Å². The van der Waals surface area contributed by atoms with E-state index < -0.39 is 27.4 Å². The van der Waals surface area contributed by atoms with Crippen LogP contribution in [0.5, 0.6) is 0 Å². The van der Waals surface area contributed by atoms with E-state index in [1.165, 1.54) is 24.3 Å². The normalized spacial score (nSPS) is 9.96. The zero-order chi connectivity index (χ0) is 20.0. The first-order valence-electron chi connectivity index (χ1n) is 7.60. The summed E-state index contributed by atoms with van der Waals surface area (Å²) in [6, 6.07) is 8.67. The van der Waals surface area contributed by atoms with E-state index in [-0.39, 0.29) is 29.1 Å². The van der Waals surface area contributed by atoms with Crippen LogP contribution in [-0.4, -0.2) is 28.3 Å². The number of carbonyl (C=O) groups is 2. The third kappa shape index (κ3) is 4.75. The molecule has 27 heavy (non-hydrogen) atoms. The molecule has 0 saturated carbocycles. The van der Waals surface area contributed by atoms with Gasteiger partial charge in [0.15, 0.2) is 0 Å². The topological polar surface area (TPSA) is 154 Å². The highest BCUT2D eigenvalue weighted by molar-refractivity contribution is 5.99. The lowest BCUT2D eigenvalue weighted by Crippen LogP contribution is -2.30. The molecule has 0 bridgehead atoms. The molecule has 0 aliphatic heterocycles. The zero-order valence-electron chi connectivity index (χ0n) is 14.0. The number of amides is 1. The summed E-state index contributed by atoms with van der Waals surface area (Å²) in [5.74, 6) is -1.65. The quantitative estimate of drug-likeness (QED) is 0.425. The number of hydrogen-bond acceptors (Lipinski definition) is 8. The molecule has 0 fully saturated rings. The van der Waals surface area contributed by atoms with E-state index in [1.807, 2.05) is 0 Å². The number of carbonyl (C=O) groups excluding carboxylic acids is 2. The smallest absolute Gasteiger partial charge is 0.338 e. The first-order chi connectivity index (χ1) is 12.8. The van der Waals surface area contributed by atoms with Crippen LogP contribution in [0.3, 0.4) is 0 Å². The van der Waals surface area contributed by atoms with Crippen molar-refractivity contribution in [1.82, 2.24) is 5.43 Å². The van der Waals surface area contributed by atoms with E-state index in [2.05, 4.69) is 10.9 Å². The van der Waals surface area contributed by atoms with Crippen LogP contribution < -0.4 is 10.9 Å². The van der Waals surface area contributed by atoms with Crippen molar-refractivity contribution >= 4 is 28.9 Å². The van der Waals surface area contributed by atoms with Crippen molar-refractivity contribution in [2.24, 2.45) is 0 Å². The average Bonchev–Trinajstić information content (AvgIpc) is 2.65. The molecule has 11 nitrogen and oxygen atoms in total. The second kappa shape index (κ2) is 8.38. The molecule has 1 amide bonds. The summed E-state index contributed by atoms with van der Waals surface area (Å²) in [7, 11) is 0. The molecule has 0 heterocycles. The molecule has 0 spiro atoms. The number of nitrogens with one attached hydrogen (secondary N) is 2. The van der Waals surface area contributed by atoms with Gasteiger partial charge in [0.1, 0.15) is 5.69 Å². The van der Waals surface area contributed by atoms with Crippen LogP contribution >= 0.6 is 0 Å². The van der Waals surface area contributed by atoms with Crippen molar-refractivity contribution in [3.63, 3.8) is 0 Å². The molecule has 2 aromatic carbocycles. The van der Waals surface area contributed by atoms with Crippen LogP contribution in [0, 0.1) is 20.2 Å². The Labute approximate surface area is 152 Å². The van der Waals surface area contributed by atoms with Gasteiger partial charge in [-0.15, -0.1) is 0 Å². The highest BCUT2D eigenvalue weighted by Crippen LogP contribution is 2.23. The summed E-state index contributed by atoms with van der Waals surface area (Å²) in [5, 5.41) is 22.0. The first kappa shape index (κ1) is 19.3. The Balaban J connectivity index is 2.26. The van der Waals surface area contributed by atoms with Crippen molar-refractivity contribution < 1.29 is 24.2 Å². The number of esters is 1. The molecule has 0 atom stereocenters. The maximum atomic E-state index is 12.3. The van der Waals surface area contributed by atoms with E-state index in [0.717, 1.165) is 18.2 Å². The molecule has 2 rings (SSSR count). The van der Waals surface area contributed by atoms with Gasteiger partial charge in [0, 0.05) is 23.8 Å². The maximum Gasteiger partial charge on any atom is 0.338 e. The van der Waals surface area contributed by atoms with Gasteiger partial charge in [0.05, 0.1) is 22.0 Å². The standard InChI is InChI=1S/C16H14N4O7/c1-2-27-16(22)11-7-10(8-12(9-11)19(23)24)15(21)18-17-13-5-3-4-6-14(13)20(25)26/h3-9,17H,2H2,1H3,(H,18,21). The summed E-state index contributed by atoms with van der Waals surface area (Å²) in [6.07, 6.45) is 0. The number of rotatable bonds is 7. The van der Waals surface area contributed by atoms with Gasteiger partial charge in [-0.25, -0.2) is 4.79 Å². The number of hydrogen-bond donors (Lipinski definition) is 2. The van der Waals surface area contributed by atoms with E-state index >= 15 is 0 Å². The summed E-state index contributed by atoms with van der Waals surface area (Å²) < 4.78 is 4.78. The fourth-order valence-corrected chi connectivity index (χ4v) is 2.11. The van der Waals surface area contributed by atoms with Crippen LogP contribution in [0.1, 0.15) is 27.6 Å². The SMILES string of the molecule is CCOC(=O)c1cc(C(=O)NNc2ccccc2[N+](=O)[O-])cc([N+](=O)[O-])c1. The Morgan fingerprint density at radius 2 is 1.70 bits per heavy atom. The van der Waals surface area contributed by atoms with Crippen LogP contribution in [-0.2, 0) is 4.74 Å². The first-order valence-corrected chi connectivity index (χ1v) is 7.60. The number of anilines is 1. The van der Waals surface area contributed by atoms with E-state index in [1.54, 1.807) is 6.92 Å². The predicted molar refractivity (Wildman–Crippen MR) is 93.2 cm³/mol. The molecular formula is C16H14N4O7. The lowest BCUT2D eigenvalue weighted by Gasteiger charge is -2.10. The largest absolute Gasteiger partial charge is 0.462 e. The van der Waals surface area contributed by atoms with Gasteiger partial charge in [-0.3, -0.25) is 35.9 Å². The van der Waals surface area contributed by atoms with Gasteiger partial charge in [-0.1, -0.05) is 12.1 Å². The van der Waals surface area contributed by atoms with Crippen LogP contribution in [0.2, 0.25) is 0 Å². The highest BCUT2D eigenvalue weighted by atomic mass is 16.6. The zero-order valence-corrected chi connectivity index (χ0v) is 14.0. The van der Waals surface area contributed by atoms with Gasteiger partial charge in [-0.2, -0.15) is 0 Å². The monoisotopic (exact) mass is 374 g/mol. The molecule has 11 heteroatoms.